The molecule has 8 heteroatoms. The number of nitrogens with one attached hydrogen (secondary N) is 1. The van der Waals surface area contributed by atoms with Crippen LogP contribution in [-0.4, -0.2) is 28.8 Å². The highest BCUT2D eigenvalue weighted by Crippen LogP contribution is 2.45. The predicted molar refractivity (Wildman–Crippen MR) is 119 cm³/mol. The molecular formula is C22H32N2O5S. The summed E-state index contributed by atoms with van der Waals surface area (Å²) in [6.07, 6.45) is 1.58. The largest absolute Gasteiger partial charge is 0.487 e. The number of hydrogen-bond acceptors (Lipinski definition) is 7. The van der Waals surface area contributed by atoms with E-state index in [4.69, 9.17) is 9.47 Å². The van der Waals surface area contributed by atoms with Gasteiger partial charge in [0, 0.05) is 41.3 Å². The fraction of sp³-hybridized carbons (Fsp3) is 0.636. The maximum absolute atomic E-state index is 12.2. The summed E-state index contributed by atoms with van der Waals surface area (Å²) in [7, 11) is 0. The molecule has 0 bridgehead atoms. The number of nitroso groups, excluding NO2 is 1. The average Bonchev–Trinajstić information content (AvgIpc) is 2.61. The summed E-state index contributed by atoms with van der Waals surface area (Å²) in [5.74, 6) is 0.766. The smallest absolute Gasteiger partial charge is 0.311 e. The van der Waals surface area contributed by atoms with E-state index in [0.29, 0.717) is 18.7 Å². The molecule has 0 saturated carbocycles. The Morgan fingerprint density at radius 2 is 1.93 bits per heavy atom. The SMILES string of the molecule is CC(C)(CNC(=O)CCCC(=O)Oc1ccc2c(c1)CC(C)(C)C(C)(C)O2)SN=O. The van der Waals surface area contributed by atoms with Gasteiger partial charge in [-0.15, -0.1) is 4.91 Å². The van der Waals surface area contributed by atoms with Crippen molar-refractivity contribution >= 4 is 23.8 Å². The summed E-state index contributed by atoms with van der Waals surface area (Å²) in [5, 5.41) is 2.75. The van der Waals surface area contributed by atoms with Gasteiger partial charge in [-0.1, -0.05) is 13.8 Å². The van der Waals surface area contributed by atoms with Gasteiger partial charge in [0.25, 0.3) is 0 Å². The van der Waals surface area contributed by atoms with Gasteiger partial charge in [-0.3, -0.25) is 9.59 Å². The molecule has 1 aromatic carbocycles. The van der Waals surface area contributed by atoms with E-state index in [0.717, 1.165) is 29.7 Å². The van der Waals surface area contributed by atoms with E-state index < -0.39 is 4.75 Å². The van der Waals surface area contributed by atoms with E-state index in [9.17, 15) is 14.5 Å². The van der Waals surface area contributed by atoms with Crippen LogP contribution >= 0.6 is 11.9 Å². The monoisotopic (exact) mass is 436 g/mol. The molecule has 7 nitrogen and oxygen atoms in total. The lowest BCUT2D eigenvalue weighted by Crippen LogP contribution is -2.48. The van der Waals surface area contributed by atoms with Crippen molar-refractivity contribution in [3.8, 4) is 11.5 Å². The molecule has 0 radical (unpaired) electrons. The number of carbonyl (C=O) groups is 2. The van der Waals surface area contributed by atoms with Crippen LogP contribution < -0.4 is 14.8 Å². The number of carbonyl (C=O) groups excluding carboxylic acids is 2. The van der Waals surface area contributed by atoms with E-state index in [1.807, 2.05) is 26.0 Å². The third-order valence-corrected chi connectivity index (χ3v) is 6.38. The average molecular weight is 437 g/mol. The summed E-state index contributed by atoms with van der Waals surface area (Å²) in [5.41, 5.74) is 0.690. The molecule has 1 aliphatic heterocycles. The van der Waals surface area contributed by atoms with Gasteiger partial charge in [0.1, 0.15) is 17.1 Å². The van der Waals surface area contributed by atoms with Crippen molar-refractivity contribution in [3.63, 3.8) is 0 Å². The van der Waals surface area contributed by atoms with Gasteiger partial charge in [0.05, 0.1) is 4.75 Å². The molecule has 0 unspecified atom stereocenters. The number of nitrogens with zero attached hydrogens (tertiary/aromatic N) is 1. The molecule has 30 heavy (non-hydrogen) atoms. The minimum Gasteiger partial charge on any atom is -0.487 e. The number of esters is 1. The molecular weight excluding hydrogens is 404 g/mol. The topological polar surface area (TPSA) is 94.1 Å². The minimum absolute atomic E-state index is 0.0507. The van der Waals surface area contributed by atoms with Crippen LogP contribution in [0.4, 0.5) is 0 Å². The van der Waals surface area contributed by atoms with E-state index in [1.54, 1.807) is 6.07 Å². The van der Waals surface area contributed by atoms with Gasteiger partial charge in [0.2, 0.25) is 5.91 Å². The molecule has 0 aliphatic carbocycles. The Hall–Kier alpha value is -2.09. The molecule has 0 fully saturated rings. The summed E-state index contributed by atoms with van der Waals surface area (Å²) in [6, 6.07) is 5.44. The standard InChI is InChI=1S/C22H32N2O5S/c1-20(2)13-15-12-16(10-11-17(15)29-22(20,5)6)28-19(26)9-7-8-18(25)23-14-21(3,4)30-24-27/h10-12H,7-9,13-14H2,1-6H3,(H,23,25). The van der Waals surface area contributed by atoms with Crippen molar-refractivity contribution in [2.75, 3.05) is 6.54 Å². The van der Waals surface area contributed by atoms with Crippen LogP contribution in [0.3, 0.4) is 0 Å². The lowest BCUT2D eigenvalue weighted by molar-refractivity contribution is -0.134. The summed E-state index contributed by atoms with van der Waals surface area (Å²) >= 11 is 0.887. The number of hydrogen-bond donors (Lipinski definition) is 1. The van der Waals surface area contributed by atoms with Gasteiger partial charge in [-0.25, -0.2) is 0 Å². The second kappa shape index (κ2) is 9.37. The molecule has 0 atom stereocenters. The Bertz CT molecular complexity index is 805. The van der Waals surface area contributed by atoms with E-state index in [-0.39, 0.29) is 35.7 Å². The highest BCUT2D eigenvalue weighted by atomic mass is 32.2. The molecule has 2 rings (SSSR count). The molecule has 1 N–H and O–H groups in total. The summed E-state index contributed by atoms with van der Waals surface area (Å²) < 4.78 is 13.9. The zero-order valence-electron chi connectivity index (χ0n) is 18.7. The van der Waals surface area contributed by atoms with Crippen LogP contribution in [-0.2, 0) is 16.0 Å². The predicted octanol–water partition coefficient (Wildman–Crippen LogP) is 4.81. The quantitative estimate of drug-likeness (QED) is 0.258. The molecule has 1 amide bonds. The number of benzene rings is 1. The van der Waals surface area contributed by atoms with Crippen LogP contribution in [0.25, 0.3) is 0 Å². The van der Waals surface area contributed by atoms with Gasteiger partial charge in [0.15, 0.2) is 0 Å². The van der Waals surface area contributed by atoms with Crippen LogP contribution in [0.15, 0.2) is 22.8 Å². The fourth-order valence-corrected chi connectivity index (χ4v) is 3.41. The van der Waals surface area contributed by atoms with Crippen LogP contribution in [0.2, 0.25) is 0 Å². The molecule has 1 heterocycles. The fourth-order valence-electron chi connectivity index (χ4n) is 3.07. The highest BCUT2D eigenvalue weighted by molar-refractivity contribution is 7.99. The van der Waals surface area contributed by atoms with Crippen molar-refractivity contribution in [3.05, 3.63) is 28.7 Å². The molecule has 1 aromatic rings. The van der Waals surface area contributed by atoms with Crippen molar-refractivity contribution in [2.45, 2.75) is 77.6 Å². The number of amides is 1. The first-order valence-corrected chi connectivity index (χ1v) is 10.9. The first-order chi connectivity index (χ1) is 13.9. The van der Waals surface area contributed by atoms with E-state index in [1.165, 1.54) is 0 Å². The Balaban J connectivity index is 1.81. The lowest BCUT2D eigenvalue weighted by atomic mass is 9.71. The second-order valence-electron chi connectivity index (χ2n) is 9.47. The van der Waals surface area contributed by atoms with Crippen molar-refractivity contribution in [1.29, 1.82) is 0 Å². The summed E-state index contributed by atoms with van der Waals surface area (Å²) in [6.45, 7) is 12.5. The van der Waals surface area contributed by atoms with Crippen molar-refractivity contribution in [2.24, 2.45) is 10.00 Å². The maximum atomic E-state index is 12.2. The zero-order chi connectivity index (χ0) is 22.6. The highest BCUT2D eigenvalue weighted by Gasteiger charge is 2.43. The van der Waals surface area contributed by atoms with Gasteiger partial charge < -0.3 is 14.8 Å². The first kappa shape index (κ1) is 24.2. The normalized spacial score (nSPS) is 16.7. The first-order valence-electron chi connectivity index (χ1n) is 10.2. The second-order valence-corrected chi connectivity index (χ2v) is 10.9. The van der Waals surface area contributed by atoms with Crippen LogP contribution in [0.1, 0.15) is 66.4 Å². The molecule has 166 valence electrons. The molecule has 0 aromatic heterocycles. The van der Waals surface area contributed by atoms with E-state index in [2.05, 4.69) is 37.6 Å². The number of rotatable bonds is 9. The maximum Gasteiger partial charge on any atom is 0.311 e. The molecule has 0 spiro atoms. The van der Waals surface area contributed by atoms with Crippen LogP contribution in [0.5, 0.6) is 11.5 Å². The third-order valence-electron chi connectivity index (χ3n) is 5.67. The van der Waals surface area contributed by atoms with Gasteiger partial charge in [-0.05, 0) is 64.3 Å². The summed E-state index contributed by atoms with van der Waals surface area (Å²) in [4.78, 5) is 34.4. The Morgan fingerprint density at radius 3 is 2.60 bits per heavy atom. The minimum atomic E-state index is -0.462. The Kier molecular flexibility index (Phi) is 7.55. The van der Waals surface area contributed by atoms with Gasteiger partial charge >= 0.3 is 5.97 Å². The van der Waals surface area contributed by atoms with Crippen molar-refractivity contribution < 1.29 is 19.1 Å². The molecule has 1 aliphatic rings. The Morgan fingerprint density at radius 1 is 1.23 bits per heavy atom. The molecule has 0 saturated heterocycles. The zero-order valence-corrected chi connectivity index (χ0v) is 19.5. The number of fused-ring (bicyclic) bond motifs is 1. The Labute approximate surface area is 182 Å². The number of ether oxygens (including phenoxy) is 2. The third kappa shape index (κ3) is 6.45. The van der Waals surface area contributed by atoms with Crippen LogP contribution in [0, 0.1) is 10.3 Å². The van der Waals surface area contributed by atoms with E-state index >= 15 is 0 Å². The van der Waals surface area contributed by atoms with Gasteiger partial charge in [-0.2, -0.15) is 0 Å². The lowest BCUT2D eigenvalue weighted by Gasteiger charge is -2.46. The van der Waals surface area contributed by atoms with Crippen molar-refractivity contribution in [1.82, 2.24) is 5.32 Å².